The molecule has 0 spiro atoms. The van der Waals surface area contributed by atoms with Gasteiger partial charge in [-0.05, 0) is 23.6 Å². The minimum Gasteiger partial charge on any atom is -0.452 e. The molecule has 0 N–H and O–H groups in total. The standard InChI is InChI=1S/C15H12N4O5S2/c20-15(10-3-1-5-19-6-8-26(21,22)18-14(10)19)23-9-12-16-13(17-24-12)11-4-2-7-25-11/h1-5,7H,6,8-9H2. The molecule has 2 aromatic heterocycles. The summed E-state index contributed by atoms with van der Waals surface area (Å²) in [5, 5.41) is 5.72. The highest BCUT2D eigenvalue weighted by atomic mass is 32.2. The van der Waals surface area contributed by atoms with Crippen molar-refractivity contribution in [1.82, 2.24) is 15.0 Å². The Morgan fingerprint density at radius 3 is 3.12 bits per heavy atom. The van der Waals surface area contributed by atoms with Gasteiger partial charge >= 0.3 is 5.97 Å². The minimum absolute atomic E-state index is 0.0635. The maximum Gasteiger partial charge on any atom is 0.342 e. The van der Waals surface area contributed by atoms with E-state index in [0.29, 0.717) is 5.82 Å². The quantitative estimate of drug-likeness (QED) is 0.716. The largest absolute Gasteiger partial charge is 0.452 e. The Bertz CT molecular complexity index is 1030. The summed E-state index contributed by atoms with van der Waals surface area (Å²) in [7, 11) is -3.58. The SMILES string of the molecule is O=C(OCc1nc(-c2cccs2)no1)C1=CC=CN2CCS(=O)(=O)N=C12. The fraction of sp³-hybridized carbons (Fsp3) is 0.200. The number of allylic oxidation sites excluding steroid dienone is 2. The first-order valence-electron chi connectivity index (χ1n) is 7.53. The maximum absolute atomic E-state index is 12.4. The highest BCUT2D eigenvalue weighted by Crippen LogP contribution is 2.22. The predicted octanol–water partition coefficient (Wildman–Crippen LogP) is 1.34. The smallest absolute Gasteiger partial charge is 0.342 e. The van der Waals surface area contributed by atoms with E-state index >= 15 is 0 Å². The lowest BCUT2D eigenvalue weighted by atomic mass is 10.1. The lowest BCUT2D eigenvalue weighted by Crippen LogP contribution is -2.40. The maximum atomic E-state index is 12.4. The zero-order valence-electron chi connectivity index (χ0n) is 13.2. The van der Waals surface area contributed by atoms with E-state index in [1.54, 1.807) is 17.2 Å². The molecule has 4 heterocycles. The molecule has 26 heavy (non-hydrogen) atoms. The van der Waals surface area contributed by atoms with Crippen molar-refractivity contribution < 1.29 is 22.5 Å². The number of ether oxygens (including phenoxy) is 1. The first-order valence-corrected chi connectivity index (χ1v) is 10.0. The summed E-state index contributed by atoms with van der Waals surface area (Å²) in [6.45, 7) is 0.00835. The van der Waals surface area contributed by atoms with Gasteiger partial charge in [0, 0.05) is 12.7 Å². The van der Waals surface area contributed by atoms with E-state index in [9.17, 15) is 13.2 Å². The average Bonchev–Trinajstić information content (AvgIpc) is 3.29. The van der Waals surface area contributed by atoms with Crippen molar-refractivity contribution >= 4 is 33.2 Å². The van der Waals surface area contributed by atoms with Gasteiger partial charge in [-0.3, -0.25) is 0 Å². The molecule has 0 aliphatic carbocycles. The monoisotopic (exact) mass is 392 g/mol. The van der Waals surface area contributed by atoms with Gasteiger partial charge in [0.15, 0.2) is 12.4 Å². The molecule has 0 amide bonds. The molecule has 0 bridgehead atoms. The Morgan fingerprint density at radius 2 is 2.31 bits per heavy atom. The molecule has 0 saturated heterocycles. The van der Waals surface area contributed by atoms with Crippen LogP contribution >= 0.6 is 11.3 Å². The molecule has 2 aliphatic rings. The summed E-state index contributed by atoms with van der Waals surface area (Å²) in [6, 6.07) is 3.71. The van der Waals surface area contributed by atoms with E-state index in [1.807, 2.05) is 17.5 Å². The van der Waals surface area contributed by atoms with Crippen LogP contribution in [0.15, 0.2) is 50.4 Å². The third-order valence-corrected chi connectivity index (χ3v) is 5.63. The number of thiophene rings is 1. The molecule has 134 valence electrons. The molecule has 0 radical (unpaired) electrons. The number of carbonyl (C=O) groups is 1. The van der Waals surface area contributed by atoms with Gasteiger partial charge < -0.3 is 14.2 Å². The van der Waals surface area contributed by atoms with E-state index < -0.39 is 16.0 Å². The number of carbonyl (C=O) groups excluding carboxylic acids is 1. The number of rotatable bonds is 4. The second-order valence-electron chi connectivity index (χ2n) is 5.38. The number of amidine groups is 1. The summed E-state index contributed by atoms with van der Waals surface area (Å²) in [4.78, 5) is 19.0. The molecule has 9 nitrogen and oxygen atoms in total. The number of sulfonamides is 1. The van der Waals surface area contributed by atoms with Gasteiger partial charge in [0.25, 0.3) is 15.9 Å². The second kappa shape index (κ2) is 6.50. The Kier molecular flexibility index (Phi) is 4.17. The van der Waals surface area contributed by atoms with Crippen molar-refractivity contribution in [2.24, 2.45) is 4.40 Å². The van der Waals surface area contributed by atoms with Crippen molar-refractivity contribution in [3.8, 4) is 10.7 Å². The molecule has 0 aromatic carbocycles. The Hall–Kier alpha value is -2.79. The van der Waals surface area contributed by atoms with Crippen LogP contribution in [0.4, 0.5) is 0 Å². The highest BCUT2D eigenvalue weighted by molar-refractivity contribution is 7.90. The molecule has 0 atom stereocenters. The number of hydrogen-bond acceptors (Lipinski definition) is 9. The van der Waals surface area contributed by atoms with Crippen LogP contribution in [0.1, 0.15) is 5.89 Å². The summed E-state index contributed by atoms with van der Waals surface area (Å²) in [5.74, 6) is -0.195. The molecule has 4 rings (SSSR count). The zero-order chi connectivity index (χ0) is 18.1. The summed E-state index contributed by atoms with van der Waals surface area (Å²) < 4.78 is 37.4. The van der Waals surface area contributed by atoms with Crippen molar-refractivity contribution in [1.29, 1.82) is 0 Å². The Balaban J connectivity index is 1.47. The van der Waals surface area contributed by atoms with E-state index in [-0.39, 0.29) is 36.2 Å². The van der Waals surface area contributed by atoms with Gasteiger partial charge in [0.1, 0.15) is 5.57 Å². The van der Waals surface area contributed by atoms with E-state index in [0.717, 1.165) is 4.88 Å². The van der Waals surface area contributed by atoms with Crippen LogP contribution in [0, 0.1) is 0 Å². The number of aromatic nitrogens is 2. The van der Waals surface area contributed by atoms with E-state index in [1.165, 1.54) is 17.4 Å². The Morgan fingerprint density at radius 1 is 1.42 bits per heavy atom. The first-order chi connectivity index (χ1) is 12.5. The van der Waals surface area contributed by atoms with Gasteiger partial charge in [-0.25, -0.2) is 13.2 Å². The molecule has 0 saturated carbocycles. The van der Waals surface area contributed by atoms with Crippen LogP contribution in [-0.4, -0.2) is 47.6 Å². The van der Waals surface area contributed by atoms with Crippen LogP contribution in [0.3, 0.4) is 0 Å². The van der Waals surface area contributed by atoms with Gasteiger partial charge in [-0.2, -0.15) is 4.98 Å². The van der Waals surface area contributed by atoms with Gasteiger partial charge in [0.2, 0.25) is 5.82 Å². The third kappa shape index (κ3) is 3.30. The number of fused-ring (bicyclic) bond motifs is 1. The molecular formula is C15H12N4O5S2. The summed E-state index contributed by atoms with van der Waals surface area (Å²) >= 11 is 1.46. The van der Waals surface area contributed by atoms with E-state index in [2.05, 4.69) is 14.5 Å². The lowest BCUT2D eigenvalue weighted by molar-refractivity contribution is -0.140. The minimum atomic E-state index is -3.58. The average molecular weight is 392 g/mol. The van der Waals surface area contributed by atoms with Crippen LogP contribution in [-0.2, 0) is 26.2 Å². The molecule has 11 heteroatoms. The zero-order valence-corrected chi connectivity index (χ0v) is 14.9. The molecular weight excluding hydrogens is 380 g/mol. The Labute approximate surface area is 152 Å². The van der Waals surface area contributed by atoms with Crippen molar-refractivity contribution in [3.63, 3.8) is 0 Å². The fourth-order valence-electron chi connectivity index (χ4n) is 2.40. The summed E-state index contributed by atoms with van der Waals surface area (Å²) in [6.07, 6.45) is 4.76. The second-order valence-corrected chi connectivity index (χ2v) is 8.08. The highest BCUT2D eigenvalue weighted by Gasteiger charge is 2.31. The van der Waals surface area contributed by atoms with Crippen LogP contribution in [0.2, 0.25) is 0 Å². The van der Waals surface area contributed by atoms with Gasteiger partial charge in [-0.15, -0.1) is 15.7 Å². The third-order valence-electron chi connectivity index (χ3n) is 3.61. The lowest BCUT2D eigenvalue weighted by Gasteiger charge is -2.28. The molecule has 0 fully saturated rings. The first kappa shape index (κ1) is 16.7. The van der Waals surface area contributed by atoms with Gasteiger partial charge in [0.05, 0.1) is 10.6 Å². The van der Waals surface area contributed by atoms with E-state index in [4.69, 9.17) is 9.26 Å². The normalized spacial score (nSPS) is 18.1. The topological polar surface area (TPSA) is 115 Å². The predicted molar refractivity (Wildman–Crippen MR) is 92.6 cm³/mol. The van der Waals surface area contributed by atoms with Crippen molar-refractivity contribution in [2.75, 3.05) is 12.3 Å². The molecule has 0 unspecified atom stereocenters. The molecule has 2 aliphatic heterocycles. The van der Waals surface area contributed by atoms with Crippen LogP contribution < -0.4 is 0 Å². The van der Waals surface area contributed by atoms with Gasteiger partial charge in [-0.1, -0.05) is 11.2 Å². The summed E-state index contributed by atoms with van der Waals surface area (Å²) in [5.41, 5.74) is 0.0637. The van der Waals surface area contributed by atoms with Crippen LogP contribution in [0.25, 0.3) is 10.7 Å². The molecule has 2 aromatic rings. The number of hydrogen-bond donors (Lipinski definition) is 0. The van der Waals surface area contributed by atoms with Crippen LogP contribution in [0.5, 0.6) is 0 Å². The number of nitrogens with zero attached hydrogens (tertiary/aromatic N) is 4. The van der Waals surface area contributed by atoms with Crippen molar-refractivity contribution in [3.05, 3.63) is 47.3 Å². The number of esters is 1. The van der Waals surface area contributed by atoms with Crippen molar-refractivity contribution in [2.45, 2.75) is 6.61 Å². The fourth-order valence-corrected chi connectivity index (χ4v) is 4.03.